The molecule has 3 heterocycles. The fraction of sp³-hybridized carbons (Fsp3) is 0.227. The molecule has 152 valence electrons. The van der Waals surface area contributed by atoms with Gasteiger partial charge in [0, 0.05) is 24.9 Å². The zero-order valence-corrected chi connectivity index (χ0v) is 17.0. The second-order valence-corrected chi connectivity index (χ2v) is 7.35. The molecule has 0 fully saturated rings. The van der Waals surface area contributed by atoms with Crippen molar-refractivity contribution in [3.05, 3.63) is 77.8 Å². The summed E-state index contributed by atoms with van der Waals surface area (Å²) in [7, 11) is 0. The van der Waals surface area contributed by atoms with Gasteiger partial charge in [-0.3, -0.25) is 9.36 Å². The zero-order chi connectivity index (χ0) is 21.1. The van der Waals surface area contributed by atoms with Crippen molar-refractivity contribution in [2.75, 3.05) is 0 Å². The topological polar surface area (TPSA) is 98.7 Å². The number of nitrogens with one attached hydrogen (secondary N) is 1. The van der Waals surface area contributed by atoms with Crippen molar-refractivity contribution >= 4 is 5.91 Å². The third-order valence-electron chi connectivity index (χ3n) is 4.61. The molecule has 8 heteroatoms. The molecule has 0 aliphatic carbocycles. The predicted molar refractivity (Wildman–Crippen MR) is 111 cm³/mol. The van der Waals surface area contributed by atoms with Crippen LogP contribution in [0, 0.1) is 6.92 Å². The first kappa shape index (κ1) is 19.5. The average Bonchev–Trinajstić information content (AvgIpc) is 3.43. The smallest absolute Gasteiger partial charge is 0.271 e. The van der Waals surface area contributed by atoms with Crippen molar-refractivity contribution in [2.24, 2.45) is 0 Å². The Morgan fingerprint density at radius 3 is 2.60 bits per heavy atom. The van der Waals surface area contributed by atoms with Gasteiger partial charge in [-0.15, -0.1) is 0 Å². The third kappa shape index (κ3) is 4.27. The molecule has 0 radical (unpaired) electrons. The van der Waals surface area contributed by atoms with Crippen LogP contribution in [0.3, 0.4) is 0 Å². The molecule has 0 saturated carbocycles. The third-order valence-corrected chi connectivity index (χ3v) is 4.61. The highest BCUT2D eigenvalue weighted by molar-refractivity contribution is 5.92. The summed E-state index contributed by atoms with van der Waals surface area (Å²) >= 11 is 0. The summed E-state index contributed by atoms with van der Waals surface area (Å²) in [5, 5.41) is 6.84. The lowest BCUT2D eigenvalue weighted by atomic mass is 10.1. The number of hydrogen-bond acceptors (Lipinski definition) is 6. The molecule has 0 unspecified atom stereocenters. The number of carbonyl (C=O) groups excluding carboxylic acids is 1. The Balaban J connectivity index is 1.42. The van der Waals surface area contributed by atoms with Gasteiger partial charge in [0.2, 0.25) is 0 Å². The van der Waals surface area contributed by atoms with Crippen LogP contribution < -0.4 is 5.32 Å². The summed E-state index contributed by atoms with van der Waals surface area (Å²) < 4.78 is 6.98. The van der Waals surface area contributed by atoms with Gasteiger partial charge in [-0.2, -0.15) is 4.98 Å². The fourth-order valence-corrected chi connectivity index (χ4v) is 2.80. The van der Waals surface area contributed by atoms with Gasteiger partial charge in [-0.1, -0.05) is 48.8 Å². The van der Waals surface area contributed by atoms with Gasteiger partial charge < -0.3 is 9.84 Å². The van der Waals surface area contributed by atoms with Crippen LogP contribution in [-0.4, -0.2) is 30.6 Å². The maximum Gasteiger partial charge on any atom is 0.271 e. The van der Waals surface area contributed by atoms with Crippen molar-refractivity contribution in [1.82, 2.24) is 30.0 Å². The van der Waals surface area contributed by atoms with Crippen molar-refractivity contribution in [3.63, 3.8) is 0 Å². The lowest BCUT2D eigenvalue weighted by Gasteiger charge is -2.04. The standard InChI is InChI=1S/C22H22N6O2/c1-14(2)20-26-22(30-27-20)17-8-9-19(23-11-17)28-12-18(25-13-28)21(29)24-10-16-6-4-15(3)5-7-16/h4-9,11-14H,10H2,1-3H3,(H,24,29). The molecule has 3 aromatic heterocycles. The number of nitrogens with zero attached hydrogens (tertiary/aromatic N) is 5. The largest absolute Gasteiger partial charge is 0.347 e. The molecule has 1 amide bonds. The van der Waals surface area contributed by atoms with Crippen molar-refractivity contribution in [3.8, 4) is 17.3 Å². The first-order chi connectivity index (χ1) is 14.5. The summed E-state index contributed by atoms with van der Waals surface area (Å²) in [6.45, 7) is 6.48. The van der Waals surface area contributed by atoms with Gasteiger partial charge >= 0.3 is 0 Å². The van der Waals surface area contributed by atoms with E-state index in [0.717, 1.165) is 11.1 Å². The van der Waals surface area contributed by atoms with E-state index in [4.69, 9.17) is 4.52 Å². The molecule has 0 aliphatic rings. The van der Waals surface area contributed by atoms with Gasteiger partial charge in [-0.25, -0.2) is 9.97 Å². The van der Waals surface area contributed by atoms with E-state index in [0.29, 0.717) is 29.8 Å². The number of carbonyl (C=O) groups is 1. The van der Waals surface area contributed by atoms with Crippen LogP contribution >= 0.6 is 0 Å². The van der Waals surface area contributed by atoms with Crippen LogP contribution in [0.1, 0.15) is 47.2 Å². The number of rotatable bonds is 6. The number of amides is 1. The summed E-state index contributed by atoms with van der Waals surface area (Å²) in [5.41, 5.74) is 3.27. The van der Waals surface area contributed by atoms with Crippen molar-refractivity contribution < 1.29 is 9.32 Å². The number of hydrogen-bond donors (Lipinski definition) is 1. The van der Waals surface area contributed by atoms with Gasteiger partial charge in [0.1, 0.15) is 17.8 Å². The highest BCUT2D eigenvalue weighted by Crippen LogP contribution is 2.20. The number of aryl methyl sites for hydroxylation is 1. The molecular weight excluding hydrogens is 380 g/mol. The number of imidazole rings is 1. The molecule has 4 aromatic rings. The number of aromatic nitrogens is 5. The number of pyridine rings is 1. The van der Waals surface area contributed by atoms with Gasteiger partial charge in [-0.05, 0) is 24.6 Å². The van der Waals surface area contributed by atoms with E-state index >= 15 is 0 Å². The molecule has 0 spiro atoms. The Bertz CT molecular complexity index is 1140. The summed E-state index contributed by atoms with van der Waals surface area (Å²) in [5.74, 6) is 1.67. The first-order valence-electron chi connectivity index (χ1n) is 9.68. The van der Waals surface area contributed by atoms with Crippen LogP contribution in [-0.2, 0) is 6.54 Å². The second-order valence-electron chi connectivity index (χ2n) is 7.35. The Morgan fingerprint density at radius 1 is 1.13 bits per heavy atom. The van der Waals surface area contributed by atoms with E-state index < -0.39 is 0 Å². The van der Waals surface area contributed by atoms with E-state index in [1.54, 1.807) is 23.3 Å². The molecule has 0 bridgehead atoms. The fourth-order valence-electron chi connectivity index (χ4n) is 2.80. The molecule has 1 N–H and O–H groups in total. The molecular formula is C22H22N6O2. The van der Waals surface area contributed by atoms with Crippen LogP contribution in [0.25, 0.3) is 17.3 Å². The summed E-state index contributed by atoms with van der Waals surface area (Å²) in [6.07, 6.45) is 4.87. The van der Waals surface area contributed by atoms with Crippen LogP contribution in [0.15, 0.2) is 59.6 Å². The molecule has 0 saturated heterocycles. The van der Waals surface area contributed by atoms with E-state index in [1.165, 1.54) is 5.56 Å². The minimum Gasteiger partial charge on any atom is -0.347 e. The monoisotopic (exact) mass is 402 g/mol. The zero-order valence-electron chi connectivity index (χ0n) is 17.0. The normalized spacial score (nSPS) is 11.1. The van der Waals surface area contributed by atoms with Crippen molar-refractivity contribution in [2.45, 2.75) is 33.2 Å². The quantitative estimate of drug-likeness (QED) is 0.528. The Labute approximate surface area is 174 Å². The minimum absolute atomic E-state index is 0.191. The minimum atomic E-state index is -0.238. The summed E-state index contributed by atoms with van der Waals surface area (Å²) in [4.78, 5) is 25.4. The number of benzene rings is 1. The van der Waals surface area contributed by atoms with Crippen LogP contribution in [0.2, 0.25) is 0 Å². The van der Waals surface area contributed by atoms with Crippen LogP contribution in [0.4, 0.5) is 0 Å². The van der Waals surface area contributed by atoms with Gasteiger partial charge in [0.15, 0.2) is 5.82 Å². The maximum absolute atomic E-state index is 12.4. The Morgan fingerprint density at radius 2 is 1.93 bits per heavy atom. The highest BCUT2D eigenvalue weighted by atomic mass is 16.5. The molecule has 8 nitrogen and oxygen atoms in total. The van der Waals surface area contributed by atoms with Crippen LogP contribution in [0.5, 0.6) is 0 Å². The SMILES string of the molecule is Cc1ccc(CNC(=O)c2cn(-c3ccc(-c4nc(C(C)C)no4)cn3)cn2)cc1. The lowest BCUT2D eigenvalue weighted by molar-refractivity contribution is 0.0946. The Kier molecular flexibility index (Phi) is 5.38. The molecule has 0 aliphatic heterocycles. The van der Waals surface area contributed by atoms with E-state index in [1.807, 2.05) is 57.2 Å². The molecule has 30 heavy (non-hydrogen) atoms. The predicted octanol–water partition coefficient (Wildman–Crippen LogP) is 3.68. The van der Waals surface area contributed by atoms with E-state index in [9.17, 15) is 4.79 Å². The van der Waals surface area contributed by atoms with E-state index in [-0.39, 0.29) is 11.8 Å². The van der Waals surface area contributed by atoms with Crippen molar-refractivity contribution in [1.29, 1.82) is 0 Å². The first-order valence-corrected chi connectivity index (χ1v) is 9.68. The van der Waals surface area contributed by atoms with Gasteiger partial charge in [0.25, 0.3) is 11.8 Å². The maximum atomic E-state index is 12.4. The van der Waals surface area contributed by atoms with Gasteiger partial charge in [0.05, 0.1) is 5.56 Å². The highest BCUT2D eigenvalue weighted by Gasteiger charge is 2.13. The second kappa shape index (κ2) is 8.28. The van der Waals surface area contributed by atoms with E-state index in [2.05, 4.69) is 25.4 Å². The lowest BCUT2D eigenvalue weighted by Crippen LogP contribution is -2.23. The molecule has 0 atom stereocenters. The summed E-state index contributed by atoms with van der Waals surface area (Å²) in [6, 6.07) is 11.7. The average molecular weight is 402 g/mol. The molecule has 4 rings (SSSR count). The Hall–Kier alpha value is -3.81. The molecule has 1 aromatic carbocycles.